The number of hydrogen-bond acceptors (Lipinski definition) is 3. The summed E-state index contributed by atoms with van der Waals surface area (Å²) in [4.78, 5) is 4.31. The minimum Gasteiger partial charge on any atom is -0.497 e. The molecule has 0 aliphatic rings. The fraction of sp³-hybridized carbons (Fsp3) is 0.353. The Morgan fingerprint density at radius 3 is 2.62 bits per heavy atom. The van der Waals surface area contributed by atoms with E-state index >= 15 is 0 Å². The fourth-order valence-corrected chi connectivity index (χ4v) is 2.39. The van der Waals surface area contributed by atoms with Crippen LogP contribution in [0.2, 0.25) is 0 Å². The van der Waals surface area contributed by atoms with Crippen LogP contribution >= 0.6 is 15.9 Å². The maximum Gasteiger partial charge on any atom is 0.118 e. The van der Waals surface area contributed by atoms with E-state index in [0.29, 0.717) is 6.04 Å². The summed E-state index contributed by atoms with van der Waals surface area (Å²) in [6.45, 7) is 4.24. The number of hydrogen-bond donors (Lipinski definition) is 1. The lowest BCUT2D eigenvalue weighted by molar-refractivity contribution is 0.414. The number of benzene rings is 1. The standard InChI is InChI=1S/C17H21BrN2O/c1-12-10-15(11-19-17(12)18)20-13(2)4-5-14-6-8-16(21-3)9-7-14/h6-11,13,20H,4-5H2,1-3H3. The molecule has 1 atom stereocenters. The molecule has 0 fully saturated rings. The van der Waals surface area contributed by atoms with Gasteiger partial charge in [-0.2, -0.15) is 0 Å². The third-order valence-electron chi connectivity index (χ3n) is 3.45. The largest absolute Gasteiger partial charge is 0.497 e. The molecule has 3 nitrogen and oxygen atoms in total. The zero-order valence-electron chi connectivity index (χ0n) is 12.7. The van der Waals surface area contributed by atoms with E-state index < -0.39 is 0 Å². The Morgan fingerprint density at radius 2 is 2.00 bits per heavy atom. The summed E-state index contributed by atoms with van der Waals surface area (Å²) in [5.41, 5.74) is 3.54. The lowest BCUT2D eigenvalue weighted by Crippen LogP contribution is -2.16. The van der Waals surface area contributed by atoms with Gasteiger partial charge in [0, 0.05) is 6.04 Å². The van der Waals surface area contributed by atoms with Crippen molar-refractivity contribution in [1.82, 2.24) is 4.98 Å². The van der Waals surface area contributed by atoms with E-state index in [4.69, 9.17) is 4.74 Å². The van der Waals surface area contributed by atoms with Crippen molar-refractivity contribution in [2.75, 3.05) is 12.4 Å². The first-order chi connectivity index (χ1) is 10.1. The van der Waals surface area contributed by atoms with Crippen LogP contribution in [0.15, 0.2) is 41.1 Å². The SMILES string of the molecule is COc1ccc(CCC(C)Nc2cnc(Br)c(C)c2)cc1. The second kappa shape index (κ2) is 7.46. The molecule has 1 aromatic heterocycles. The highest BCUT2D eigenvalue weighted by Gasteiger charge is 2.05. The Balaban J connectivity index is 1.86. The van der Waals surface area contributed by atoms with Gasteiger partial charge in [-0.15, -0.1) is 0 Å². The number of halogens is 1. The number of aromatic nitrogens is 1. The van der Waals surface area contributed by atoms with Gasteiger partial charge < -0.3 is 10.1 Å². The third kappa shape index (κ3) is 4.74. The Hall–Kier alpha value is -1.55. The monoisotopic (exact) mass is 348 g/mol. The molecule has 2 rings (SSSR count). The smallest absolute Gasteiger partial charge is 0.118 e. The average molecular weight is 349 g/mol. The minimum absolute atomic E-state index is 0.398. The number of nitrogens with one attached hydrogen (secondary N) is 1. The summed E-state index contributed by atoms with van der Waals surface area (Å²) in [7, 11) is 1.69. The van der Waals surface area contributed by atoms with Crippen LogP contribution in [0.3, 0.4) is 0 Å². The molecule has 0 amide bonds. The van der Waals surface area contributed by atoms with Crippen LogP contribution < -0.4 is 10.1 Å². The molecule has 1 N–H and O–H groups in total. The van der Waals surface area contributed by atoms with Crippen molar-refractivity contribution >= 4 is 21.6 Å². The first-order valence-corrected chi connectivity index (χ1v) is 7.89. The molecule has 4 heteroatoms. The van der Waals surface area contributed by atoms with E-state index in [2.05, 4.69) is 51.4 Å². The van der Waals surface area contributed by atoms with Gasteiger partial charge in [0.05, 0.1) is 19.0 Å². The van der Waals surface area contributed by atoms with E-state index in [1.54, 1.807) is 7.11 Å². The molecular weight excluding hydrogens is 328 g/mol. The molecule has 1 heterocycles. The number of aryl methyl sites for hydroxylation is 2. The van der Waals surface area contributed by atoms with Crippen molar-refractivity contribution in [2.45, 2.75) is 32.7 Å². The highest BCUT2D eigenvalue weighted by Crippen LogP contribution is 2.18. The highest BCUT2D eigenvalue weighted by molar-refractivity contribution is 9.10. The number of anilines is 1. The average Bonchev–Trinajstić information content (AvgIpc) is 2.49. The Labute approximate surface area is 134 Å². The van der Waals surface area contributed by atoms with Gasteiger partial charge in [-0.3, -0.25) is 0 Å². The number of ether oxygens (including phenoxy) is 1. The number of methoxy groups -OCH3 is 1. The summed E-state index contributed by atoms with van der Waals surface area (Å²) in [6.07, 6.45) is 3.98. The van der Waals surface area contributed by atoms with E-state index in [9.17, 15) is 0 Å². The number of nitrogens with zero attached hydrogens (tertiary/aromatic N) is 1. The molecule has 0 spiro atoms. The molecule has 0 aliphatic heterocycles. The third-order valence-corrected chi connectivity index (χ3v) is 4.28. The van der Waals surface area contributed by atoms with Gasteiger partial charge in [0.1, 0.15) is 10.4 Å². The molecule has 0 saturated heterocycles. The maximum absolute atomic E-state index is 5.17. The van der Waals surface area contributed by atoms with Crippen molar-refractivity contribution in [3.05, 3.63) is 52.3 Å². The molecule has 112 valence electrons. The van der Waals surface area contributed by atoms with E-state index in [-0.39, 0.29) is 0 Å². The summed E-state index contributed by atoms with van der Waals surface area (Å²) in [5, 5.41) is 3.49. The van der Waals surface area contributed by atoms with E-state index in [1.165, 1.54) is 5.56 Å². The normalized spacial score (nSPS) is 12.0. The topological polar surface area (TPSA) is 34.1 Å². The van der Waals surface area contributed by atoms with Gasteiger partial charge in [-0.25, -0.2) is 4.98 Å². The van der Waals surface area contributed by atoms with Crippen molar-refractivity contribution in [1.29, 1.82) is 0 Å². The van der Waals surface area contributed by atoms with Crippen molar-refractivity contribution in [3.8, 4) is 5.75 Å². The van der Waals surface area contributed by atoms with Gasteiger partial charge in [0.15, 0.2) is 0 Å². The Morgan fingerprint density at radius 1 is 1.29 bits per heavy atom. The molecular formula is C17H21BrN2O. The van der Waals surface area contributed by atoms with Crippen molar-refractivity contribution < 1.29 is 4.74 Å². The van der Waals surface area contributed by atoms with Crippen molar-refractivity contribution in [3.63, 3.8) is 0 Å². The highest BCUT2D eigenvalue weighted by atomic mass is 79.9. The van der Waals surface area contributed by atoms with E-state index in [1.807, 2.05) is 25.3 Å². The van der Waals surface area contributed by atoms with Gasteiger partial charge in [0.25, 0.3) is 0 Å². The van der Waals surface area contributed by atoms with Crippen LogP contribution in [0.5, 0.6) is 5.75 Å². The van der Waals surface area contributed by atoms with Crippen LogP contribution in [0.4, 0.5) is 5.69 Å². The van der Waals surface area contributed by atoms with Crippen LogP contribution in [-0.4, -0.2) is 18.1 Å². The molecule has 21 heavy (non-hydrogen) atoms. The molecule has 1 unspecified atom stereocenters. The van der Waals surface area contributed by atoms with Crippen LogP contribution in [0.25, 0.3) is 0 Å². The molecule has 0 radical (unpaired) electrons. The van der Waals surface area contributed by atoms with E-state index in [0.717, 1.165) is 34.4 Å². The summed E-state index contributed by atoms with van der Waals surface area (Å²) in [6, 6.07) is 10.8. The zero-order chi connectivity index (χ0) is 15.2. The summed E-state index contributed by atoms with van der Waals surface area (Å²) < 4.78 is 6.07. The molecule has 2 aromatic rings. The first kappa shape index (κ1) is 15.8. The zero-order valence-corrected chi connectivity index (χ0v) is 14.3. The minimum atomic E-state index is 0.398. The number of pyridine rings is 1. The summed E-state index contributed by atoms with van der Waals surface area (Å²) in [5.74, 6) is 0.904. The van der Waals surface area contributed by atoms with Crippen molar-refractivity contribution in [2.24, 2.45) is 0 Å². The first-order valence-electron chi connectivity index (χ1n) is 7.10. The molecule has 1 aromatic carbocycles. The Bertz CT molecular complexity index is 584. The quantitative estimate of drug-likeness (QED) is 0.775. The van der Waals surface area contributed by atoms with Crippen LogP contribution in [-0.2, 0) is 6.42 Å². The van der Waals surface area contributed by atoms with Gasteiger partial charge >= 0.3 is 0 Å². The molecule has 0 saturated carbocycles. The lowest BCUT2D eigenvalue weighted by Gasteiger charge is -2.15. The molecule has 0 aliphatic carbocycles. The lowest BCUT2D eigenvalue weighted by atomic mass is 10.1. The van der Waals surface area contributed by atoms with Crippen LogP contribution in [0.1, 0.15) is 24.5 Å². The molecule has 0 bridgehead atoms. The predicted octanol–water partition coefficient (Wildman–Crippen LogP) is 4.59. The van der Waals surface area contributed by atoms with Gasteiger partial charge in [-0.1, -0.05) is 12.1 Å². The fourth-order valence-electron chi connectivity index (χ4n) is 2.17. The maximum atomic E-state index is 5.17. The van der Waals surface area contributed by atoms with Gasteiger partial charge in [-0.05, 0) is 71.9 Å². The second-order valence-electron chi connectivity index (χ2n) is 5.26. The second-order valence-corrected chi connectivity index (χ2v) is 6.01. The van der Waals surface area contributed by atoms with Gasteiger partial charge in [0.2, 0.25) is 0 Å². The predicted molar refractivity (Wildman–Crippen MR) is 91.1 cm³/mol. The summed E-state index contributed by atoms with van der Waals surface area (Å²) >= 11 is 3.42. The number of rotatable bonds is 6. The van der Waals surface area contributed by atoms with Crippen LogP contribution in [0, 0.1) is 6.92 Å². The Kier molecular flexibility index (Phi) is 5.62.